The van der Waals surface area contributed by atoms with E-state index in [0.717, 1.165) is 0 Å². The minimum Gasteiger partial charge on any atom is -0.0622 e. The summed E-state index contributed by atoms with van der Waals surface area (Å²) < 4.78 is 210. The van der Waals surface area contributed by atoms with Gasteiger partial charge in [-0.15, -0.1) is 0 Å². The van der Waals surface area contributed by atoms with Gasteiger partial charge in [0.25, 0.3) is 0 Å². The molecule has 0 atom stereocenters. The normalized spacial score (nSPS) is 18.9. The van der Waals surface area contributed by atoms with Crippen LogP contribution >= 0.6 is 0 Å². The van der Waals surface area contributed by atoms with Crippen LogP contribution in [0.15, 0.2) is 169 Å². The minimum atomic E-state index is -0.833. The van der Waals surface area contributed by atoms with Gasteiger partial charge in [0.15, 0.2) is 0 Å². The van der Waals surface area contributed by atoms with Crippen LogP contribution in [-0.2, 0) is 0 Å². The summed E-state index contributed by atoms with van der Waals surface area (Å²) in [7, 11) is 0. The lowest BCUT2D eigenvalue weighted by Gasteiger charge is -2.20. The smallest absolute Gasteiger partial charge is 0.0622 e. The van der Waals surface area contributed by atoms with Crippen molar-refractivity contribution in [2.24, 2.45) is 0 Å². The Balaban J connectivity index is 1.57. The Morgan fingerprint density at radius 2 is 0.935 bits per heavy atom. The number of rotatable bonds is 3. The molecule has 10 rings (SSSR count). The van der Waals surface area contributed by atoms with Crippen LogP contribution in [0.25, 0.3) is 98.0 Å². The van der Waals surface area contributed by atoms with Gasteiger partial charge in [-0.05, 0) is 110 Å². The van der Waals surface area contributed by atoms with Crippen molar-refractivity contribution in [1.29, 1.82) is 0 Å². The van der Waals surface area contributed by atoms with E-state index >= 15 is 0 Å². The molecule has 10 aromatic rings. The van der Waals surface area contributed by atoms with Crippen molar-refractivity contribution in [3.8, 4) is 33.4 Å². The average molecular weight is 604 g/mol. The second kappa shape index (κ2) is 9.76. The summed E-state index contributed by atoms with van der Waals surface area (Å²) in [6.45, 7) is 0. The molecule has 0 fully saturated rings. The van der Waals surface area contributed by atoms with Gasteiger partial charge in [-0.2, -0.15) is 0 Å². The van der Waals surface area contributed by atoms with E-state index in [1.807, 2.05) is 0 Å². The Kier molecular flexibility index (Phi) is 2.49. The average Bonchev–Trinajstić information content (AvgIpc) is 3.32. The van der Waals surface area contributed by atoms with Crippen molar-refractivity contribution in [2.75, 3.05) is 0 Å². The summed E-state index contributed by atoms with van der Waals surface area (Å²) >= 11 is 0. The quantitative estimate of drug-likeness (QED) is 0.139. The largest absolute Gasteiger partial charge is 0.0636 e. The predicted molar refractivity (Wildman–Crippen MR) is 199 cm³/mol. The first-order valence-corrected chi connectivity index (χ1v) is 14.2. The molecule has 0 radical (unpaired) electrons. The van der Waals surface area contributed by atoms with Gasteiger partial charge >= 0.3 is 0 Å². The van der Waals surface area contributed by atoms with Gasteiger partial charge < -0.3 is 0 Å². The molecule has 0 heteroatoms. The van der Waals surface area contributed by atoms with Crippen LogP contribution in [0.2, 0.25) is 0 Å². The summed E-state index contributed by atoms with van der Waals surface area (Å²) in [6, 6.07) is -9.86. The first kappa shape index (κ1) is 11.7. The van der Waals surface area contributed by atoms with E-state index in [0.29, 0.717) is 0 Å². The van der Waals surface area contributed by atoms with E-state index in [1.54, 1.807) is 30.3 Å². The molecule has 0 unspecified atom stereocenters. The van der Waals surface area contributed by atoms with Crippen molar-refractivity contribution < 1.29 is 31.5 Å². The fourth-order valence-corrected chi connectivity index (χ4v) is 6.30. The molecule has 0 heterocycles. The molecule has 0 aliphatic rings. The zero-order valence-electron chi connectivity index (χ0n) is 46.4. The SMILES string of the molecule is [2H]c1c([2H])c([2H])c(-c2c([2H])c([2H])c3c([2H])c([2H])c4c([2H])c(-c5c6c([2H])c([2H])c([2H])c([2H])c6c(-c6ccccc6)c6c([2H])c([2H])c7c([2H])c([2H])c([2H])c([2H])c7c56)c([2H])c5c([2H])c([2H])c2c3c45)c([2H])c1[2H]. The maximum absolute atomic E-state index is 10.1. The third kappa shape index (κ3) is 3.62. The van der Waals surface area contributed by atoms with Crippen molar-refractivity contribution in [3.63, 3.8) is 0 Å². The van der Waals surface area contributed by atoms with Gasteiger partial charge in [-0.3, -0.25) is 0 Å². The monoisotopic (exact) mass is 603 g/mol. The minimum absolute atomic E-state index is 0.0570. The van der Waals surface area contributed by atoms with Gasteiger partial charge in [0.1, 0.15) is 0 Å². The molecule has 0 saturated carbocycles. The molecule has 0 saturated heterocycles. The third-order valence-corrected chi connectivity index (χ3v) is 8.19. The van der Waals surface area contributed by atoms with Gasteiger partial charge in [-0.1, -0.05) is 157 Å². The fourth-order valence-electron chi connectivity index (χ4n) is 6.30. The zero-order chi connectivity index (χ0) is 50.2. The van der Waals surface area contributed by atoms with E-state index < -0.39 is 199 Å². The molecule has 10 aromatic carbocycles. The van der Waals surface area contributed by atoms with E-state index in [9.17, 15) is 16.4 Å². The van der Waals surface area contributed by atoms with Crippen LogP contribution in [0.1, 0.15) is 31.5 Å². The van der Waals surface area contributed by atoms with Gasteiger partial charge in [0.2, 0.25) is 0 Å². The van der Waals surface area contributed by atoms with E-state index in [-0.39, 0.29) is 38.1 Å². The summed E-state index contributed by atoms with van der Waals surface area (Å²) in [4.78, 5) is 0. The van der Waals surface area contributed by atoms with Crippen LogP contribution < -0.4 is 0 Å². The lowest BCUT2D eigenvalue weighted by atomic mass is 9.82. The second-order valence-electron chi connectivity index (χ2n) is 10.6. The summed E-state index contributed by atoms with van der Waals surface area (Å²) in [6.07, 6.45) is 0. The summed E-state index contributed by atoms with van der Waals surface area (Å²) in [5.74, 6) is 0. The van der Waals surface area contributed by atoms with Crippen LogP contribution in [0.5, 0.6) is 0 Å². The van der Waals surface area contributed by atoms with Crippen LogP contribution in [0.3, 0.4) is 0 Å². The van der Waals surface area contributed by atoms with E-state index in [1.165, 1.54) is 0 Å². The van der Waals surface area contributed by atoms with E-state index in [4.69, 9.17) is 15.1 Å². The molecule has 0 aliphatic carbocycles. The summed E-state index contributed by atoms with van der Waals surface area (Å²) in [5, 5.41) is -4.81. The number of fused-ring (bicyclic) bond motifs is 4. The molecule has 0 aliphatic heterocycles. The van der Waals surface area contributed by atoms with Crippen molar-refractivity contribution in [1.82, 2.24) is 0 Å². The van der Waals surface area contributed by atoms with Gasteiger partial charge in [0, 0.05) is 0 Å². The number of benzene rings is 10. The van der Waals surface area contributed by atoms with Crippen LogP contribution in [-0.4, -0.2) is 0 Å². The Hall–Kier alpha value is -5.98. The standard InChI is InChI=1S/C46H28/c1-3-11-29(12-4-1)36-24-22-32-19-20-33-27-35(28-34-23-25-40(36)44(32)42(33)34)45-39-18-10-9-17-38(39)43(31-14-5-2-6-15-31)41-26-21-30-13-7-8-16-37(30)46(41)45/h1-28H/i1D,3D,4D,7D,8D,9D,10D,11D,12D,13D,16D,17D,18D,19D,20D,21D,22D,23D,24D,25D,26D,27D,28D. The highest BCUT2D eigenvalue weighted by atomic mass is 14.2. The van der Waals surface area contributed by atoms with Gasteiger partial charge in [0.05, 0.1) is 31.5 Å². The van der Waals surface area contributed by atoms with Crippen molar-refractivity contribution in [3.05, 3.63) is 169 Å². The first-order chi connectivity index (χ1) is 32.4. The topological polar surface area (TPSA) is 0 Å². The highest BCUT2D eigenvalue weighted by molar-refractivity contribution is 6.30. The maximum Gasteiger partial charge on any atom is 0.0636 e. The van der Waals surface area contributed by atoms with Crippen LogP contribution in [0, 0.1) is 0 Å². The molecular weight excluding hydrogens is 553 g/mol. The predicted octanol–water partition coefficient (Wildman–Crippen LogP) is 13.0. The molecule has 46 heavy (non-hydrogen) atoms. The lowest BCUT2D eigenvalue weighted by Crippen LogP contribution is -1.93. The molecule has 0 bridgehead atoms. The molecule has 0 spiro atoms. The lowest BCUT2D eigenvalue weighted by molar-refractivity contribution is 1.66. The molecular formula is C46H28. The summed E-state index contributed by atoms with van der Waals surface area (Å²) in [5.41, 5.74) is -2.07. The fraction of sp³-hybridized carbons (Fsp3) is 0. The Labute approximate surface area is 299 Å². The molecule has 0 nitrogen and oxygen atoms in total. The number of hydrogen-bond donors (Lipinski definition) is 0. The second-order valence-corrected chi connectivity index (χ2v) is 10.6. The third-order valence-electron chi connectivity index (χ3n) is 8.19. The Morgan fingerprint density at radius 3 is 1.74 bits per heavy atom. The zero-order valence-corrected chi connectivity index (χ0v) is 23.4. The molecule has 0 aromatic heterocycles. The van der Waals surface area contributed by atoms with Crippen molar-refractivity contribution >= 4 is 64.6 Å². The highest BCUT2D eigenvalue weighted by Gasteiger charge is 2.20. The molecule has 0 N–H and O–H groups in total. The first-order valence-electron chi connectivity index (χ1n) is 25.7. The van der Waals surface area contributed by atoms with E-state index in [2.05, 4.69) is 0 Å². The Morgan fingerprint density at radius 1 is 0.326 bits per heavy atom. The van der Waals surface area contributed by atoms with Crippen molar-refractivity contribution in [2.45, 2.75) is 0 Å². The molecule has 0 amide bonds. The maximum atomic E-state index is 10.1. The van der Waals surface area contributed by atoms with Gasteiger partial charge in [-0.25, -0.2) is 0 Å². The number of hydrogen-bond acceptors (Lipinski definition) is 0. The van der Waals surface area contributed by atoms with Crippen LogP contribution in [0.4, 0.5) is 0 Å². The molecule has 212 valence electrons. The Bertz CT molecular complexity index is 4030. The highest BCUT2D eigenvalue weighted by Crippen LogP contribution is 2.48.